The van der Waals surface area contributed by atoms with Crippen LogP contribution >= 0.6 is 23.1 Å². The lowest BCUT2D eigenvalue weighted by molar-refractivity contribution is -0.138. The van der Waals surface area contributed by atoms with E-state index in [0.29, 0.717) is 24.4 Å². The van der Waals surface area contributed by atoms with Crippen LogP contribution in [-0.2, 0) is 6.18 Å². The number of thioether (sulfide) groups is 1. The zero-order chi connectivity index (χ0) is 15.8. The van der Waals surface area contributed by atoms with Gasteiger partial charge in [-0.15, -0.1) is 10.2 Å². The average molecular weight is 340 g/mol. The van der Waals surface area contributed by atoms with E-state index in [1.165, 1.54) is 0 Å². The molecule has 2 atom stereocenters. The number of amides is 1. The number of alkyl halides is 3. The SMILES string of the molecule is CSC1CN(C(=O)c2nnc(C(F)(F)F)s2)CC1N(C)C. The van der Waals surface area contributed by atoms with Gasteiger partial charge in [-0.2, -0.15) is 24.9 Å². The van der Waals surface area contributed by atoms with Gasteiger partial charge in [-0.05, 0) is 20.4 Å². The molecule has 0 spiro atoms. The summed E-state index contributed by atoms with van der Waals surface area (Å²) in [4.78, 5) is 15.8. The molecular weight excluding hydrogens is 325 g/mol. The zero-order valence-electron chi connectivity index (χ0n) is 11.7. The summed E-state index contributed by atoms with van der Waals surface area (Å²) in [5.41, 5.74) is 0. The molecule has 0 bridgehead atoms. The number of carbonyl (C=O) groups excluding carboxylic acids is 1. The van der Waals surface area contributed by atoms with E-state index in [0.717, 1.165) is 0 Å². The van der Waals surface area contributed by atoms with Gasteiger partial charge < -0.3 is 9.80 Å². The smallest absolute Gasteiger partial charge is 0.334 e. The number of likely N-dealkylation sites (N-methyl/N-ethyl adjacent to an activating group) is 1. The highest BCUT2D eigenvalue weighted by molar-refractivity contribution is 7.99. The van der Waals surface area contributed by atoms with Crippen LogP contribution in [0.5, 0.6) is 0 Å². The Kier molecular flexibility index (Phi) is 4.79. The topological polar surface area (TPSA) is 49.3 Å². The quantitative estimate of drug-likeness (QED) is 0.838. The molecule has 1 fully saturated rings. The third-order valence-corrected chi connectivity index (χ3v) is 5.37. The van der Waals surface area contributed by atoms with Crippen molar-refractivity contribution in [3.05, 3.63) is 10.0 Å². The molecule has 1 aromatic heterocycles. The summed E-state index contributed by atoms with van der Waals surface area (Å²) in [6.07, 6.45) is -2.60. The third kappa shape index (κ3) is 3.49. The second-order valence-corrected chi connectivity index (χ2v) is 6.98. The number of likely N-dealkylation sites (tertiary alicyclic amines) is 1. The summed E-state index contributed by atoms with van der Waals surface area (Å²) in [7, 11) is 3.85. The Labute approximate surface area is 128 Å². The highest BCUT2D eigenvalue weighted by Gasteiger charge is 2.40. The van der Waals surface area contributed by atoms with Crippen LogP contribution in [0.25, 0.3) is 0 Å². The molecule has 1 aromatic rings. The number of hydrogen-bond donors (Lipinski definition) is 0. The first-order valence-electron chi connectivity index (χ1n) is 6.13. The average Bonchev–Trinajstić information content (AvgIpc) is 3.04. The summed E-state index contributed by atoms with van der Waals surface area (Å²) < 4.78 is 37.5. The predicted molar refractivity (Wildman–Crippen MR) is 75.6 cm³/mol. The van der Waals surface area contributed by atoms with Gasteiger partial charge in [0.05, 0.1) is 0 Å². The maximum atomic E-state index is 12.5. The monoisotopic (exact) mass is 340 g/mol. The Hall–Kier alpha value is -0.870. The highest BCUT2D eigenvalue weighted by atomic mass is 32.2. The van der Waals surface area contributed by atoms with E-state index >= 15 is 0 Å². The number of aromatic nitrogens is 2. The first kappa shape index (κ1) is 16.5. The molecule has 1 aliphatic rings. The largest absolute Gasteiger partial charge is 0.445 e. The van der Waals surface area contributed by atoms with Crippen molar-refractivity contribution >= 4 is 29.0 Å². The van der Waals surface area contributed by atoms with Gasteiger partial charge in [-0.25, -0.2) is 0 Å². The van der Waals surface area contributed by atoms with E-state index in [9.17, 15) is 18.0 Å². The molecule has 0 saturated carbocycles. The Bertz CT molecular complexity index is 520. The van der Waals surface area contributed by atoms with Crippen LogP contribution in [-0.4, -0.2) is 70.6 Å². The van der Waals surface area contributed by atoms with Crippen molar-refractivity contribution in [2.45, 2.75) is 17.5 Å². The molecule has 118 valence electrons. The summed E-state index contributed by atoms with van der Waals surface area (Å²) in [5, 5.41) is 5.38. The zero-order valence-corrected chi connectivity index (χ0v) is 13.3. The molecule has 1 amide bonds. The first-order valence-corrected chi connectivity index (χ1v) is 8.23. The Morgan fingerprint density at radius 1 is 1.38 bits per heavy atom. The van der Waals surface area contributed by atoms with Crippen LogP contribution < -0.4 is 0 Å². The van der Waals surface area contributed by atoms with Crippen LogP contribution in [0.15, 0.2) is 0 Å². The molecule has 2 unspecified atom stereocenters. The molecule has 21 heavy (non-hydrogen) atoms. The summed E-state index contributed by atoms with van der Waals surface area (Å²) in [6, 6.07) is 0.180. The van der Waals surface area contributed by atoms with E-state index in [4.69, 9.17) is 0 Å². The van der Waals surface area contributed by atoms with Gasteiger partial charge in [0, 0.05) is 24.4 Å². The minimum absolute atomic E-state index is 0.180. The number of hydrogen-bond acceptors (Lipinski definition) is 6. The summed E-state index contributed by atoms with van der Waals surface area (Å²) >= 11 is 1.94. The van der Waals surface area contributed by atoms with E-state index in [1.807, 2.05) is 25.3 Å². The van der Waals surface area contributed by atoms with Crippen LogP contribution in [0.1, 0.15) is 14.8 Å². The maximum Gasteiger partial charge on any atom is 0.445 e. The van der Waals surface area contributed by atoms with Gasteiger partial charge in [0.2, 0.25) is 10.0 Å². The van der Waals surface area contributed by atoms with Gasteiger partial charge in [-0.3, -0.25) is 4.79 Å². The second-order valence-electron chi connectivity index (χ2n) is 4.93. The van der Waals surface area contributed by atoms with Gasteiger partial charge in [0.1, 0.15) is 0 Å². The first-order chi connectivity index (χ1) is 9.74. The van der Waals surface area contributed by atoms with Crippen LogP contribution in [0.4, 0.5) is 13.2 Å². The molecule has 0 aromatic carbocycles. The van der Waals surface area contributed by atoms with E-state index in [1.54, 1.807) is 16.7 Å². The van der Waals surface area contributed by atoms with Gasteiger partial charge in [0.25, 0.3) is 5.91 Å². The lowest BCUT2D eigenvalue weighted by Crippen LogP contribution is -2.37. The van der Waals surface area contributed by atoms with Crippen molar-refractivity contribution < 1.29 is 18.0 Å². The Morgan fingerprint density at radius 2 is 2.05 bits per heavy atom. The minimum Gasteiger partial charge on any atom is -0.334 e. The standard InChI is InChI=1S/C11H15F3N4OS2/c1-17(2)6-4-18(5-7(6)20-3)9(19)8-15-16-10(21-8)11(12,13)14/h6-7H,4-5H2,1-3H3. The molecule has 10 heteroatoms. The van der Waals surface area contributed by atoms with Crippen molar-refractivity contribution in [1.82, 2.24) is 20.0 Å². The highest BCUT2D eigenvalue weighted by Crippen LogP contribution is 2.32. The molecule has 5 nitrogen and oxygen atoms in total. The fourth-order valence-electron chi connectivity index (χ4n) is 2.21. The van der Waals surface area contributed by atoms with Gasteiger partial charge in [0.15, 0.2) is 0 Å². The predicted octanol–water partition coefficient (Wildman–Crippen LogP) is 1.67. The molecule has 2 heterocycles. The fourth-order valence-corrected chi connectivity index (χ4v) is 3.86. The minimum atomic E-state index is -4.56. The van der Waals surface area contributed by atoms with E-state index in [-0.39, 0.29) is 16.3 Å². The molecule has 0 N–H and O–H groups in total. The second kappa shape index (κ2) is 6.09. The maximum absolute atomic E-state index is 12.5. The number of nitrogens with zero attached hydrogens (tertiary/aromatic N) is 4. The van der Waals surface area contributed by atoms with Crippen molar-refractivity contribution in [2.24, 2.45) is 0 Å². The van der Waals surface area contributed by atoms with Crippen LogP contribution in [0.2, 0.25) is 0 Å². The molecule has 2 rings (SSSR count). The number of halogens is 3. The van der Waals surface area contributed by atoms with Crippen molar-refractivity contribution in [3.63, 3.8) is 0 Å². The number of rotatable bonds is 3. The fraction of sp³-hybridized carbons (Fsp3) is 0.727. The lowest BCUT2D eigenvalue weighted by atomic mass is 10.2. The molecular formula is C11H15F3N4OS2. The van der Waals surface area contributed by atoms with E-state index < -0.39 is 17.1 Å². The van der Waals surface area contributed by atoms with Crippen LogP contribution in [0.3, 0.4) is 0 Å². The van der Waals surface area contributed by atoms with Crippen molar-refractivity contribution in [1.29, 1.82) is 0 Å². The van der Waals surface area contributed by atoms with Crippen molar-refractivity contribution in [2.75, 3.05) is 33.4 Å². The normalized spacial score (nSPS) is 23.1. The van der Waals surface area contributed by atoms with Crippen LogP contribution in [0, 0.1) is 0 Å². The molecule has 1 saturated heterocycles. The molecule has 0 aliphatic carbocycles. The van der Waals surface area contributed by atoms with E-state index in [2.05, 4.69) is 10.2 Å². The lowest BCUT2D eigenvalue weighted by Gasteiger charge is -2.23. The van der Waals surface area contributed by atoms with Gasteiger partial charge >= 0.3 is 6.18 Å². The summed E-state index contributed by atoms with van der Waals surface area (Å²) in [6.45, 7) is 0.988. The molecule has 0 radical (unpaired) electrons. The summed E-state index contributed by atoms with van der Waals surface area (Å²) in [5.74, 6) is -0.480. The van der Waals surface area contributed by atoms with Gasteiger partial charge in [-0.1, -0.05) is 11.3 Å². The number of carbonyl (C=O) groups is 1. The van der Waals surface area contributed by atoms with Crippen molar-refractivity contribution in [3.8, 4) is 0 Å². The third-order valence-electron chi connectivity index (χ3n) is 3.34. The molecule has 1 aliphatic heterocycles. The Morgan fingerprint density at radius 3 is 2.48 bits per heavy atom. The Balaban J connectivity index is 2.12.